The number of carbonyl (C=O) groups excluding carboxylic acids is 1. The van der Waals surface area contributed by atoms with Gasteiger partial charge in [0, 0.05) is 12.6 Å². The zero-order chi connectivity index (χ0) is 14.4. The van der Waals surface area contributed by atoms with Gasteiger partial charge in [-0.3, -0.25) is 9.69 Å². The van der Waals surface area contributed by atoms with E-state index in [1.807, 2.05) is 0 Å². The summed E-state index contributed by atoms with van der Waals surface area (Å²) in [6.07, 6.45) is 7.65. The molecule has 2 rings (SSSR count). The minimum Gasteiger partial charge on any atom is -0.393 e. The van der Waals surface area contributed by atoms with Crippen molar-refractivity contribution in [3.05, 3.63) is 0 Å². The van der Waals surface area contributed by atoms with Gasteiger partial charge in [0.1, 0.15) is 0 Å². The largest absolute Gasteiger partial charge is 0.393 e. The van der Waals surface area contributed by atoms with Crippen molar-refractivity contribution in [2.45, 2.75) is 57.1 Å². The van der Waals surface area contributed by atoms with Gasteiger partial charge < -0.3 is 16.2 Å². The Kier molecular flexibility index (Phi) is 6.26. The summed E-state index contributed by atoms with van der Waals surface area (Å²) in [6.45, 7) is 3.37. The second-order valence-electron chi connectivity index (χ2n) is 6.42. The molecular weight excluding hydrogens is 254 g/mol. The number of nitrogens with one attached hydrogen (secondary N) is 1. The molecule has 1 saturated heterocycles. The maximum Gasteiger partial charge on any atom is 0.231 e. The Balaban J connectivity index is 1.67. The standard InChI is InChI=1S/C15H29N3O2/c16-15(20)11-18-8-2-1-3-13(18)10-17-9-12-4-6-14(19)7-5-12/h12-14,17,19H,1-11H2,(H2,16,20)/t12-,13?,14-. The molecule has 0 spiro atoms. The molecule has 5 nitrogen and oxygen atoms in total. The van der Waals surface area contributed by atoms with Gasteiger partial charge in [0.15, 0.2) is 0 Å². The zero-order valence-corrected chi connectivity index (χ0v) is 12.4. The fourth-order valence-electron chi connectivity index (χ4n) is 3.50. The lowest BCUT2D eigenvalue weighted by atomic mass is 9.87. The third-order valence-corrected chi connectivity index (χ3v) is 4.74. The van der Waals surface area contributed by atoms with Crippen LogP contribution in [0, 0.1) is 5.92 Å². The number of hydrogen-bond acceptors (Lipinski definition) is 4. The Morgan fingerprint density at radius 1 is 1.15 bits per heavy atom. The predicted octanol–water partition coefficient (Wildman–Crippen LogP) is 0.467. The minimum atomic E-state index is -0.224. The Hall–Kier alpha value is -0.650. The first-order valence-corrected chi connectivity index (χ1v) is 8.06. The number of hydrogen-bond donors (Lipinski definition) is 3. The van der Waals surface area contributed by atoms with Crippen LogP contribution in [0.15, 0.2) is 0 Å². The summed E-state index contributed by atoms with van der Waals surface area (Å²) in [6, 6.07) is 0.449. The van der Waals surface area contributed by atoms with Crippen LogP contribution in [-0.2, 0) is 4.79 Å². The van der Waals surface area contributed by atoms with E-state index in [0.29, 0.717) is 18.5 Å². The quantitative estimate of drug-likeness (QED) is 0.662. The number of piperidine rings is 1. The van der Waals surface area contributed by atoms with Gasteiger partial charge in [-0.1, -0.05) is 6.42 Å². The van der Waals surface area contributed by atoms with Crippen molar-refractivity contribution in [1.82, 2.24) is 10.2 Å². The smallest absolute Gasteiger partial charge is 0.231 e. The fourth-order valence-corrected chi connectivity index (χ4v) is 3.50. The molecule has 1 aliphatic carbocycles. The van der Waals surface area contributed by atoms with Gasteiger partial charge in [0.2, 0.25) is 5.91 Å². The summed E-state index contributed by atoms with van der Waals surface area (Å²) in [4.78, 5) is 13.3. The normalized spacial score (nSPS) is 32.1. The van der Waals surface area contributed by atoms with Crippen molar-refractivity contribution in [2.75, 3.05) is 26.2 Å². The van der Waals surface area contributed by atoms with E-state index in [9.17, 15) is 9.90 Å². The van der Waals surface area contributed by atoms with Gasteiger partial charge in [-0.25, -0.2) is 0 Å². The fraction of sp³-hybridized carbons (Fsp3) is 0.933. The molecule has 0 aromatic rings. The molecule has 1 aliphatic heterocycles. The molecule has 2 fully saturated rings. The second-order valence-corrected chi connectivity index (χ2v) is 6.42. The number of aliphatic hydroxyl groups excluding tert-OH is 1. The molecule has 5 heteroatoms. The van der Waals surface area contributed by atoms with E-state index in [2.05, 4.69) is 10.2 Å². The molecule has 0 aromatic carbocycles. The van der Waals surface area contributed by atoms with Crippen LogP contribution in [0.4, 0.5) is 0 Å². The highest BCUT2D eigenvalue weighted by Crippen LogP contribution is 2.23. The Labute approximate surface area is 121 Å². The summed E-state index contributed by atoms with van der Waals surface area (Å²) >= 11 is 0. The van der Waals surface area contributed by atoms with Crippen molar-refractivity contribution >= 4 is 5.91 Å². The van der Waals surface area contributed by atoms with Crippen molar-refractivity contribution in [3.63, 3.8) is 0 Å². The predicted molar refractivity (Wildman–Crippen MR) is 79.2 cm³/mol. The van der Waals surface area contributed by atoms with Crippen molar-refractivity contribution in [3.8, 4) is 0 Å². The van der Waals surface area contributed by atoms with Crippen LogP contribution in [0.25, 0.3) is 0 Å². The molecule has 1 saturated carbocycles. The van der Waals surface area contributed by atoms with E-state index >= 15 is 0 Å². The monoisotopic (exact) mass is 283 g/mol. The van der Waals surface area contributed by atoms with Crippen LogP contribution >= 0.6 is 0 Å². The molecule has 0 aromatic heterocycles. The van der Waals surface area contributed by atoms with Gasteiger partial charge in [-0.2, -0.15) is 0 Å². The molecule has 1 atom stereocenters. The van der Waals surface area contributed by atoms with Crippen LogP contribution in [0.5, 0.6) is 0 Å². The van der Waals surface area contributed by atoms with Crippen molar-refractivity contribution in [1.29, 1.82) is 0 Å². The summed E-state index contributed by atoms with van der Waals surface area (Å²) in [5, 5.41) is 13.1. The lowest BCUT2D eigenvalue weighted by molar-refractivity contribution is -0.120. The Morgan fingerprint density at radius 2 is 1.90 bits per heavy atom. The number of amides is 1. The van der Waals surface area contributed by atoms with Gasteiger partial charge in [-0.05, 0) is 57.5 Å². The van der Waals surface area contributed by atoms with Gasteiger partial charge >= 0.3 is 0 Å². The highest BCUT2D eigenvalue weighted by molar-refractivity contribution is 5.75. The van der Waals surface area contributed by atoms with Gasteiger partial charge in [0.25, 0.3) is 0 Å². The first kappa shape index (κ1) is 15.7. The summed E-state index contributed by atoms with van der Waals surface area (Å²) < 4.78 is 0. The van der Waals surface area contributed by atoms with E-state index in [1.165, 1.54) is 12.8 Å². The number of nitrogens with two attached hydrogens (primary N) is 1. The number of primary amides is 1. The number of aliphatic hydroxyl groups is 1. The van der Waals surface area contributed by atoms with E-state index in [-0.39, 0.29) is 12.0 Å². The zero-order valence-electron chi connectivity index (χ0n) is 12.4. The van der Waals surface area contributed by atoms with Crippen LogP contribution < -0.4 is 11.1 Å². The van der Waals surface area contributed by atoms with Crippen LogP contribution in [0.1, 0.15) is 44.9 Å². The molecule has 20 heavy (non-hydrogen) atoms. The Morgan fingerprint density at radius 3 is 2.60 bits per heavy atom. The lowest BCUT2D eigenvalue weighted by Crippen LogP contribution is -2.49. The van der Waals surface area contributed by atoms with E-state index in [4.69, 9.17) is 5.73 Å². The van der Waals surface area contributed by atoms with E-state index in [1.54, 1.807) is 0 Å². The molecular formula is C15H29N3O2. The van der Waals surface area contributed by atoms with Crippen molar-refractivity contribution < 1.29 is 9.90 Å². The SMILES string of the molecule is NC(=O)CN1CCCCC1CNC[C@H]1CC[C@H](O)CC1. The molecule has 1 unspecified atom stereocenters. The number of likely N-dealkylation sites (tertiary alicyclic amines) is 1. The number of nitrogens with zero attached hydrogens (tertiary/aromatic N) is 1. The maximum absolute atomic E-state index is 11.1. The average Bonchev–Trinajstić information content (AvgIpc) is 2.42. The second kappa shape index (κ2) is 7.96. The van der Waals surface area contributed by atoms with Crippen molar-refractivity contribution in [2.24, 2.45) is 11.7 Å². The molecule has 0 bridgehead atoms. The summed E-state index contributed by atoms with van der Waals surface area (Å²) in [5.41, 5.74) is 5.32. The first-order valence-electron chi connectivity index (χ1n) is 8.06. The average molecular weight is 283 g/mol. The van der Waals surface area contributed by atoms with E-state index < -0.39 is 0 Å². The van der Waals surface area contributed by atoms with Crippen LogP contribution in [0.3, 0.4) is 0 Å². The molecule has 4 N–H and O–H groups in total. The maximum atomic E-state index is 11.1. The van der Waals surface area contributed by atoms with Crippen LogP contribution in [-0.4, -0.2) is 54.2 Å². The summed E-state index contributed by atoms with van der Waals surface area (Å²) in [5.74, 6) is 0.477. The Bertz CT molecular complexity index is 303. The lowest BCUT2D eigenvalue weighted by Gasteiger charge is -2.35. The summed E-state index contributed by atoms with van der Waals surface area (Å²) in [7, 11) is 0. The van der Waals surface area contributed by atoms with Gasteiger partial charge in [-0.15, -0.1) is 0 Å². The highest BCUT2D eigenvalue weighted by atomic mass is 16.3. The number of carbonyl (C=O) groups is 1. The van der Waals surface area contributed by atoms with Gasteiger partial charge in [0.05, 0.1) is 12.6 Å². The molecule has 1 amide bonds. The highest BCUT2D eigenvalue weighted by Gasteiger charge is 2.24. The molecule has 2 aliphatic rings. The van der Waals surface area contributed by atoms with Crippen LogP contribution in [0.2, 0.25) is 0 Å². The minimum absolute atomic E-state index is 0.0735. The molecule has 1 heterocycles. The molecule has 116 valence electrons. The molecule has 0 radical (unpaired) electrons. The van der Waals surface area contributed by atoms with E-state index in [0.717, 1.165) is 51.7 Å². The third kappa shape index (κ3) is 5.04. The first-order chi connectivity index (χ1) is 9.65. The topological polar surface area (TPSA) is 78.6 Å². The number of rotatable bonds is 6. The third-order valence-electron chi connectivity index (χ3n) is 4.74.